The molecule has 1 aromatic carbocycles. The van der Waals surface area contributed by atoms with Crippen LogP contribution < -0.4 is 0 Å². The zero-order chi connectivity index (χ0) is 13.0. The van der Waals surface area contributed by atoms with E-state index in [2.05, 4.69) is 18.0 Å². The lowest BCUT2D eigenvalue weighted by Crippen LogP contribution is -2.06. The van der Waals surface area contributed by atoms with Crippen LogP contribution in [0, 0.1) is 6.92 Å². The van der Waals surface area contributed by atoms with Crippen LogP contribution in [-0.2, 0) is 12.8 Å². The monoisotopic (exact) mass is 275 g/mol. The summed E-state index contributed by atoms with van der Waals surface area (Å²) in [6.45, 7) is 2.06. The molecule has 0 aliphatic rings. The first-order valence-corrected chi connectivity index (χ1v) is 6.60. The fraction of sp³-hybridized carbons (Fsp3) is 0.200. The number of hydrogen-bond donors (Lipinski definition) is 0. The van der Waals surface area contributed by atoms with Crippen LogP contribution >= 0.6 is 23.8 Å². The summed E-state index contributed by atoms with van der Waals surface area (Å²) in [6, 6.07) is 11.8. The van der Waals surface area contributed by atoms with Crippen molar-refractivity contribution in [2.75, 3.05) is 0 Å². The summed E-state index contributed by atoms with van der Waals surface area (Å²) in [4.78, 5) is 5.35. The third-order valence-electron chi connectivity index (χ3n) is 2.77. The third kappa shape index (κ3) is 3.62. The van der Waals surface area contributed by atoms with Gasteiger partial charge in [-0.2, -0.15) is 0 Å². The molecular weight excluding hydrogens is 262 g/mol. The first kappa shape index (κ1) is 13.2. The van der Waals surface area contributed by atoms with E-state index in [1.807, 2.05) is 36.5 Å². The van der Waals surface area contributed by atoms with Crippen LogP contribution in [0.3, 0.4) is 0 Å². The smallest absolute Gasteiger partial charge is 0.0481 e. The van der Waals surface area contributed by atoms with Gasteiger partial charge in [0, 0.05) is 34.6 Å². The number of hydrogen-bond acceptors (Lipinski definition) is 2. The molecule has 1 aromatic heterocycles. The largest absolute Gasteiger partial charge is 0.261 e. The topological polar surface area (TPSA) is 12.9 Å². The summed E-state index contributed by atoms with van der Waals surface area (Å²) < 4.78 is 0. The molecule has 0 saturated heterocycles. The van der Waals surface area contributed by atoms with Crippen molar-refractivity contribution in [3.63, 3.8) is 0 Å². The normalized spacial score (nSPS) is 10.3. The SMILES string of the molecule is Cc1cccnc1CC(=S)Cc1cccc(Cl)c1. The second kappa shape index (κ2) is 6.07. The van der Waals surface area contributed by atoms with Gasteiger partial charge < -0.3 is 0 Å². The number of pyridine rings is 1. The number of aryl methyl sites for hydroxylation is 1. The quantitative estimate of drug-likeness (QED) is 0.776. The van der Waals surface area contributed by atoms with Crippen molar-refractivity contribution in [2.24, 2.45) is 0 Å². The molecule has 0 saturated carbocycles. The summed E-state index contributed by atoms with van der Waals surface area (Å²) in [7, 11) is 0. The maximum Gasteiger partial charge on any atom is 0.0481 e. The van der Waals surface area contributed by atoms with Gasteiger partial charge >= 0.3 is 0 Å². The van der Waals surface area contributed by atoms with E-state index in [-0.39, 0.29) is 0 Å². The molecule has 0 radical (unpaired) electrons. The number of rotatable bonds is 4. The lowest BCUT2D eigenvalue weighted by atomic mass is 10.0. The van der Waals surface area contributed by atoms with E-state index in [0.717, 1.165) is 34.0 Å². The predicted octanol–water partition coefficient (Wildman–Crippen LogP) is 4.20. The van der Waals surface area contributed by atoms with Crippen molar-refractivity contribution in [2.45, 2.75) is 19.8 Å². The van der Waals surface area contributed by atoms with Gasteiger partial charge in [0.25, 0.3) is 0 Å². The van der Waals surface area contributed by atoms with Crippen LogP contribution in [0.25, 0.3) is 0 Å². The Balaban J connectivity index is 2.03. The minimum absolute atomic E-state index is 0.745. The molecule has 1 nitrogen and oxygen atoms in total. The highest BCUT2D eigenvalue weighted by atomic mass is 35.5. The number of benzene rings is 1. The summed E-state index contributed by atoms with van der Waals surface area (Å²) in [5.41, 5.74) is 3.40. The van der Waals surface area contributed by atoms with Crippen molar-refractivity contribution in [3.05, 3.63) is 64.4 Å². The van der Waals surface area contributed by atoms with Gasteiger partial charge in [-0.15, -0.1) is 0 Å². The van der Waals surface area contributed by atoms with Crippen LogP contribution in [-0.4, -0.2) is 9.85 Å². The first-order chi connectivity index (χ1) is 8.65. The van der Waals surface area contributed by atoms with Crippen LogP contribution in [0.1, 0.15) is 16.8 Å². The van der Waals surface area contributed by atoms with Gasteiger partial charge in [0.2, 0.25) is 0 Å². The van der Waals surface area contributed by atoms with E-state index in [0.29, 0.717) is 0 Å². The number of nitrogens with zero attached hydrogens (tertiary/aromatic N) is 1. The lowest BCUT2D eigenvalue weighted by Gasteiger charge is -2.06. The molecule has 2 aromatic rings. The Morgan fingerprint density at radius 2 is 2.06 bits per heavy atom. The molecule has 18 heavy (non-hydrogen) atoms. The predicted molar refractivity (Wildman–Crippen MR) is 80.4 cm³/mol. The Labute approximate surface area is 118 Å². The Kier molecular flexibility index (Phi) is 4.45. The summed E-state index contributed by atoms with van der Waals surface area (Å²) in [5, 5.41) is 0.754. The average molecular weight is 276 g/mol. The molecule has 2 rings (SSSR count). The van der Waals surface area contributed by atoms with Crippen LogP contribution in [0.5, 0.6) is 0 Å². The number of aromatic nitrogens is 1. The Morgan fingerprint density at radius 3 is 2.78 bits per heavy atom. The lowest BCUT2D eigenvalue weighted by molar-refractivity contribution is 1.09. The van der Waals surface area contributed by atoms with Gasteiger partial charge in [-0.1, -0.05) is 42.0 Å². The van der Waals surface area contributed by atoms with E-state index >= 15 is 0 Å². The van der Waals surface area contributed by atoms with E-state index in [1.54, 1.807) is 0 Å². The first-order valence-electron chi connectivity index (χ1n) is 5.82. The standard InChI is InChI=1S/C15H14ClNS/c1-11-4-3-7-17-15(11)10-14(18)9-12-5-2-6-13(16)8-12/h2-8H,9-10H2,1H3. The minimum Gasteiger partial charge on any atom is -0.261 e. The van der Waals surface area contributed by atoms with Crippen molar-refractivity contribution >= 4 is 28.7 Å². The molecule has 0 aliphatic carbocycles. The molecular formula is C15H14ClNS. The fourth-order valence-corrected chi connectivity index (χ4v) is 2.34. The van der Waals surface area contributed by atoms with Gasteiger partial charge in [-0.05, 0) is 36.2 Å². The van der Waals surface area contributed by atoms with Crippen LogP contribution in [0.15, 0.2) is 42.6 Å². The maximum absolute atomic E-state index is 5.96. The van der Waals surface area contributed by atoms with Gasteiger partial charge in [0.15, 0.2) is 0 Å². The molecule has 0 fully saturated rings. The van der Waals surface area contributed by atoms with Crippen LogP contribution in [0.4, 0.5) is 0 Å². The second-order valence-electron chi connectivity index (χ2n) is 4.29. The van der Waals surface area contributed by atoms with E-state index < -0.39 is 0 Å². The average Bonchev–Trinajstić information content (AvgIpc) is 2.32. The molecule has 0 bridgehead atoms. The van der Waals surface area contributed by atoms with Gasteiger partial charge in [0.05, 0.1) is 0 Å². The highest BCUT2D eigenvalue weighted by Crippen LogP contribution is 2.13. The fourth-order valence-electron chi connectivity index (χ4n) is 1.83. The Morgan fingerprint density at radius 1 is 1.22 bits per heavy atom. The Bertz CT molecular complexity index is 566. The van der Waals surface area contributed by atoms with E-state index in [9.17, 15) is 0 Å². The zero-order valence-electron chi connectivity index (χ0n) is 10.2. The third-order valence-corrected chi connectivity index (χ3v) is 3.30. The molecule has 92 valence electrons. The summed E-state index contributed by atoms with van der Waals surface area (Å²) in [5.74, 6) is 0. The minimum atomic E-state index is 0.745. The number of thiocarbonyl (C=S) groups is 1. The molecule has 0 unspecified atom stereocenters. The van der Waals surface area contributed by atoms with Crippen molar-refractivity contribution in [1.82, 2.24) is 4.98 Å². The maximum atomic E-state index is 5.96. The van der Waals surface area contributed by atoms with Gasteiger partial charge in [-0.25, -0.2) is 0 Å². The highest BCUT2D eigenvalue weighted by Gasteiger charge is 2.05. The number of halogens is 1. The molecule has 0 spiro atoms. The molecule has 0 amide bonds. The van der Waals surface area contributed by atoms with Gasteiger partial charge in [0.1, 0.15) is 0 Å². The molecule has 0 N–H and O–H groups in total. The Hall–Kier alpha value is -1.25. The summed E-state index contributed by atoms with van der Waals surface area (Å²) >= 11 is 11.4. The van der Waals surface area contributed by atoms with Crippen molar-refractivity contribution < 1.29 is 0 Å². The zero-order valence-corrected chi connectivity index (χ0v) is 11.8. The van der Waals surface area contributed by atoms with E-state index in [1.165, 1.54) is 5.56 Å². The van der Waals surface area contributed by atoms with Gasteiger partial charge in [-0.3, -0.25) is 4.98 Å². The van der Waals surface area contributed by atoms with Crippen molar-refractivity contribution in [1.29, 1.82) is 0 Å². The second-order valence-corrected chi connectivity index (χ2v) is 5.30. The van der Waals surface area contributed by atoms with E-state index in [4.69, 9.17) is 23.8 Å². The summed E-state index contributed by atoms with van der Waals surface area (Å²) in [6.07, 6.45) is 3.32. The highest BCUT2D eigenvalue weighted by molar-refractivity contribution is 7.80. The van der Waals surface area contributed by atoms with Crippen LogP contribution in [0.2, 0.25) is 5.02 Å². The molecule has 1 heterocycles. The molecule has 0 aliphatic heterocycles. The van der Waals surface area contributed by atoms with Crippen molar-refractivity contribution in [3.8, 4) is 0 Å². The molecule has 3 heteroatoms. The molecule has 0 atom stereocenters.